The summed E-state index contributed by atoms with van der Waals surface area (Å²) in [5, 5.41) is 13.0. The number of aliphatic hydroxyl groups is 1. The minimum Gasteiger partial charge on any atom is -0.391 e. The third-order valence-electron chi connectivity index (χ3n) is 3.33. The SMILES string of the molecule is COCc1c(Cl)cccc1NC(=O)N1CCCC(O)C1. The maximum atomic E-state index is 12.2. The van der Waals surface area contributed by atoms with Gasteiger partial charge in [-0.2, -0.15) is 0 Å². The van der Waals surface area contributed by atoms with Gasteiger partial charge < -0.3 is 20.1 Å². The minimum atomic E-state index is -0.438. The molecule has 1 unspecified atom stereocenters. The van der Waals surface area contributed by atoms with Crippen LogP contribution in [0.1, 0.15) is 18.4 Å². The molecular formula is C14H19ClN2O3. The first-order valence-corrected chi connectivity index (χ1v) is 7.00. The van der Waals surface area contributed by atoms with E-state index in [0.717, 1.165) is 18.4 Å². The van der Waals surface area contributed by atoms with Crippen LogP contribution in [0.4, 0.5) is 10.5 Å². The van der Waals surface area contributed by atoms with Gasteiger partial charge in [-0.25, -0.2) is 4.79 Å². The summed E-state index contributed by atoms with van der Waals surface area (Å²) in [5.74, 6) is 0. The number of ether oxygens (including phenoxy) is 1. The molecule has 20 heavy (non-hydrogen) atoms. The highest BCUT2D eigenvalue weighted by Crippen LogP contribution is 2.25. The Labute approximate surface area is 123 Å². The van der Waals surface area contributed by atoms with Crippen molar-refractivity contribution in [3.8, 4) is 0 Å². The first-order chi connectivity index (χ1) is 9.61. The van der Waals surface area contributed by atoms with Gasteiger partial charge in [0, 0.05) is 36.5 Å². The normalized spacial score (nSPS) is 18.9. The molecule has 2 rings (SSSR count). The number of halogens is 1. The Bertz CT molecular complexity index is 481. The highest BCUT2D eigenvalue weighted by molar-refractivity contribution is 6.31. The predicted molar refractivity (Wildman–Crippen MR) is 78.0 cm³/mol. The second-order valence-corrected chi connectivity index (χ2v) is 5.28. The van der Waals surface area contributed by atoms with Gasteiger partial charge in [0.05, 0.1) is 12.7 Å². The van der Waals surface area contributed by atoms with E-state index < -0.39 is 6.10 Å². The van der Waals surface area contributed by atoms with Crippen molar-refractivity contribution in [1.29, 1.82) is 0 Å². The van der Waals surface area contributed by atoms with Crippen molar-refractivity contribution in [2.45, 2.75) is 25.6 Å². The Morgan fingerprint density at radius 3 is 3.10 bits per heavy atom. The van der Waals surface area contributed by atoms with Gasteiger partial charge in [-0.3, -0.25) is 0 Å². The number of piperidine rings is 1. The Balaban J connectivity index is 2.09. The van der Waals surface area contributed by atoms with Crippen LogP contribution in [0.2, 0.25) is 5.02 Å². The molecule has 1 aliphatic heterocycles. The van der Waals surface area contributed by atoms with Gasteiger partial charge in [-0.15, -0.1) is 0 Å². The van der Waals surface area contributed by atoms with Gasteiger partial charge >= 0.3 is 6.03 Å². The van der Waals surface area contributed by atoms with E-state index in [1.165, 1.54) is 0 Å². The fourth-order valence-electron chi connectivity index (χ4n) is 2.30. The number of β-amino-alcohol motifs (C(OH)–C–C–N with tert-alkyl or cyclic N) is 1. The number of anilines is 1. The van der Waals surface area contributed by atoms with E-state index >= 15 is 0 Å². The number of rotatable bonds is 3. The number of carbonyl (C=O) groups excluding carboxylic acids is 1. The molecule has 0 saturated carbocycles. The fraction of sp³-hybridized carbons (Fsp3) is 0.500. The van der Waals surface area contributed by atoms with E-state index in [-0.39, 0.29) is 6.03 Å². The molecule has 2 amide bonds. The monoisotopic (exact) mass is 298 g/mol. The molecule has 1 aromatic rings. The van der Waals surface area contributed by atoms with Crippen molar-refractivity contribution in [2.24, 2.45) is 0 Å². The van der Waals surface area contributed by atoms with Crippen molar-refractivity contribution < 1.29 is 14.6 Å². The lowest BCUT2D eigenvalue weighted by Gasteiger charge is -2.30. The number of carbonyl (C=O) groups is 1. The van der Waals surface area contributed by atoms with Crippen LogP contribution in [-0.4, -0.2) is 42.3 Å². The largest absolute Gasteiger partial charge is 0.391 e. The average Bonchev–Trinajstić information content (AvgIpc) is 2.42. The lowest BCUT2D eigenvalue weighted by atomic mass is 10.1. The quantitative estimate of drug-likeness (QED) is 0.901. The molecule has 1 saturated heterocycles. The lowest BCUT2D eigenvalue weighted by Crippen LogP contribution is -2.44. The first kappa shape index (κ1) is 15.1. The smallest absolute Gasteiger partial charge is 0.321 e. The number of nitrogens with zero attached hydrogens (tertiary/aromatic N) is 1. The van der Waals surface area contributed by atoms with E-state index in [4.69, 9.17) is 16.3 Å². The number of urea groups is 1. The number of likely N-dealkylation sites (tertiary alicyclic amines) is 1. The van der Waals surface area contributed by atoms with Crippen molar-refractivity contribution in [3.63, 3.8) is 0 Å². The number of methoxy groups -OCH3 is 1. The third kappa shape index (κ3) is 3.62. The number of amides is 2. The van der Waals surface area contributed by atoms with Gasteiger partial charge in [0.2, 0.25) is 0 Å². The Morgan fingerprint density at radius 1 is 1.60 bits per heavy atom. The number of aliphatic hydroxyl groups excluding tert-OH is 1. The van der Waals surface area contributed by atoms with Crippen molar-refractivity contribution in [2.75, 3.05) is 25.5 Å². The molecule has 1 aliphatic rings. The van der Waals surface area contributed by atoms with Crippen molar-refractivity contribution >= 4 is 23.3 Å². The highest BCUT2D eigenvalue weighted by Gasteiger charge is 2.22. The molecule has 6 heteroatoms. The van der Waals surface area contributed by atoms with Gasteiger partial charge in [0.15, 0.2) is 0 Å². The first-order valence-electron chi connectivity index (χ1n) is 6.62. The number of hydrogen-bond donors (Lipinski definition) is 2. The van der Waals surface area contributed by atoms with Crippen LogP contribution >= 0.6 is 11.6 Å². The Kier molecular flexibility index (Phi) is 5.23. The van der Waals surface area contributed by atoms with E-state index in [2.05, 4.69) is 5.32 Å². The molecule has 0 radical (unpaired) electrons. The summed E-state index contributed by atoms with van der Waals surface area (Å²) >= 11 is 6.12. The topological polar surface area (TPSA) is 61.8 Å². The predicted octanol–water partition coefficient (Wildman–Crippen LogP) is 2.48. The summed E-state index contributed by atoms with van der Waals surface area (Å²) in [4.78, 5) is 13.8. The molecule has 1 fully saturated rings. The molecule has 0 aromatic heterocycles. The third-order valence-corrected chi connectivity index (χ3v) is 3.69. The molecule has 5 nitrogen and oxygen atoms in total. The van der Waals surface area contributed by atoms with Crippen LogP contribution in [0.15, 0.2) is 18.2 Å². The van der Waals surface area contributed by atoms with Crippen LogP contribution in [0, 0.1) is 0 Å². The van der Waals surface area contributed by atoms with Crippen LogP contribution in [0.25, 0.3) is 0 Å². The van der Waals surface area contributed by atoms with Crippen LogP contribution < -0.4 is 5.32 Å². The van der Waals surface area contributed by atoms with Crippen LogP contribution in [0.5, 0.6) is 0 Å². The highest BCUT2D eigenvalue weighted by atomic mass is 35.5. The number of nitrogens with one attached hydrogen (secondary N) is 1. The summed E-state index contributed by atoms with van der Waals surface area (Å²) < 4.78 is 5.10. The zero-order chi connectivity index (χ0) is 14.5. The standard InChI is InChI=1S/C14H19ClN2O3/c1-20-9-11-12(15)5-2-6-13(11)16-14(19)17-7-3-4-10(18)8-17/h2,5-6,10,18H,3-4,7-9H2,1H3,(H,16,19). The second kappa shape index (κ2) is 6.92. The zero-order valence-electron chi connectivity index (χ0n) is 11.4. The van der Waals surface area contributed by atoms with Crippen LogP contribution in [0.3, 0.4) is 0 Å². The molecule has 1 heterocycles. The summed E-state index contributed by atoms with van der Waals surface area (Å²) in [6, 6.07) is 5.11. The zero-order valence-corrected chi connectivity index (χ0v) is 12.2. The fourth-order valence-corrected chi connectivity index (χ4v) is 2.53. The van der Waals surface area contributed by atoms with Crippen LogP contribution in [-0.2, 0) is 11.3 Å². The molecule has 110 valence electrons. The minimum absolute atomic E-state index is 0.219. The Hall–Kier alpha value is -1.30. The molecule has 0 spiro atoms. The number of benzene rings is 1. The molecule has 1 aromatic carbocycles. The van der Waals surface area contributed by atoms with E-state index in [0.29, 0.717) is 30.4 Å². The summed E-state index contributed by atoms with van der Waals surface area (Å²) in [6.45, 7) is 1.35. The Morgan fingerprint density at radius 2 is 2.40 bits per heavy atom. The van der Waals surface area contributed by atoms with E-state index in [9.17, 15) is 9.90 Å². The molecular weight excluding hydrogens is 280 g/mol. The summed E-state index contributed by atoms with van der Waals surface area (Å²) in [7, 11) is 1.58. The maximum Gasteiger partial charge on any atom is 0.321 e. The average molecular weight is 299 g/mol. The van der Waals surface area contributed by atoms with Gasteiger partial charge in [0.25, 0.3) is 0 Å². The van der Waals surface area contributed by atoms with E-state index in [1.54, 1.807) is 30.2 Å². The maximum absolute atomic E-state index is 12.2. The number of hydrogen-bond acceptors (Lipinski definition) is 3. The molecule has 2 N–H and O–H groups in total. The van der Waals surface area contributed by atoms with Crippen molar-refractivity contribution in [1.82, 2.24) is 4.90 Å². The molecule has 0 aliphatic carbocycles. The van der Waals surface area contributed by atoms with E-state index in [1.807, 2.05) is 0 Å². The summed E-state index contributed by atoms with van der Waals surface area (Å²) in [5.41, 5.74) is 1.40. The van der Waals surface area contributed by atoms with Crippen molar-refractivity contribution in [3.05, 3.63) is 28.8 Å². The van der Waals surface area contributed by atoms with Gasteiger partial charge in [-0.05, 0) is 25.0 Å². The summed E-state index contributed by atoms with van der Waals surface area (Å²) in [6.07, 6.45) is 1.12. The lowest BCUT2D eigenvalue weighted by molar-refractivity contribution is 0.0883. The van der Waals surface area contributed by atoms with Gasteiger partial charge in [-0.1, -0.05) is 17.7 Å². The van der Waals surface area contributed by atoms with Gasteiger partial charge in [0.1, 0.15) is 0 Å². The second-order valence-electron chi connectivity index (χ2n) is 4.87. The molecule has 0 bridgehead atoms. The molecule has 1 atom stereocenters.